The van der Waals surface area contributed by atoms with Gasteiger partial charge < -0.3 is 10.5 Å². The van der Waals surface area contributed by atoms with Crippen LogP contribution in [-0.2, 0) is 6.18 Å². The van der Waals surface area contributed by atoms with Gasteiger partial charge in [-0.15, -0.1) is 0 Å². The molecule has 0 saturated heterocycles. The molecule has 0 aliphatic rings. The maximum Gasteiger partial charge on any atom is 0.416 e. The van der Waals surface area contributed by atoms with Crippen LogP contribution in [0.15, 0.2) is 18.2 Å². The largest absolute Gasteiger partial charge is 0.491 e. The van der Waals surface area contributed by atoms with Crippen LogP contribution in [0.3, 0.4) is 0 Å². The molecule has 6 heteroatoms. The van der Waals surface area contributed by atoms with Crippen LogP contribution in [0.5, 0.6) is 5.75 Å². The number of ether oxygens (including phenoxy) is 1. The molecule has 1 rings (SSSR count). The summed E-state index contributed by atoms with van der Waals surface area (Å²) >= 11 is 0. The van der Waals surface area contributed by atoms with Crippen LogP contribution in [-0.4, -0.2) is 13.3 Å². The van der Waals surface area contributed by atoms with Gasteiger partial charge in [0.1, 0.15) is 5.75 Å². The summed E-state index contributed by atoms with van der Waals surface area (Å²) in [7, 11) is 0. The normalized spacial score (nSPS) is 11.5. The summed E-state index contributed by atoms with van der Waals surface area (Å²) in [6.07, 6.45) is -4.24. The van der Waals surface area contributed by atoms with Crippen molar-refractivity contribution in [3.05, 3.63) is 23.8 Å². The van der Waals surface area contributed by atoms with E-state index in [0.29, 0.717) is 0 Å². The number of benzene rings is 1. The first kappa shape index (κ1) is 12.6. The second-order valence-electron chi connectivity index (χ2n) is 3.14. The Bertz CT molecular complexity index is 351. The van der Waals surface area contributed by atoms with Gasteiger partial charge in [0, 0.05) is 6.42 Å². The van der Waals surface area contributed by atoms with E-state index >= 15 is 0 Å². The number of alkyl halides is 4. The summed E-state index contributed by atoms with van der Waals surface area (Å²) in [5.74, 6) is 0.140. The smallest absolute Gasteiger partial charge is 0.416 e. The number of nitrogen functional groups attached to an aromatic ring is 1. The van der Waals surface area contributed by atoms with E-state index in [1.54, 1.807) is 0 Å². The molecule has 1 aromatic carbocycles. The fraction of sp³-hybridized carbons (Fsp3) is 0.400. The van der Waals surface area contributed by atoms with Gasteiger partial charge in [0.25, 0.3) is 0 Å². The summed E-state index contributed by atoms with van der Waals surface area (Å²) in [6, 6.07) is 2.81. The summed E-state index contributed by atoms with van der Waals surface area (Å²) in [5.41, 5.74) is 4.45. The molecule has 0 atom stereocenters. The van der Waals surface area contributed by atoms with Gasteiger partial charge in [0.15, 0.2) is 0 Å². The lowest BCUT2D eigenvalue weighted by Crippen LogP contribution is -2.07. The van der Waals surface area contributed by atoms with E-state index in [1.807, 2.05) is 0 Å². The molecule has 0 fully saturated rings. The minimum Gasteiger partial charge on any atom is -0.491 e. The minimum absolute atomic E-state index is 0.0893. The molecule has 0 aliphatic carbocycles. The molecule has 0 unspecified atom stereocenters. The van der Waals surface area contributed by atoms with Crippen molar-refractivity contribution in [3.63, 3.8) is 0 Å². The number of halogens is 4. The highest BCUT2D eigenvalue weighted by Crippen LogP contribution is 2.33. The van der Waals surface area contributed by atoms with Crippen LogP contribution in [0, 0.1) is 0 Å². The van der Waals surface area contributed by atoms with Crippen LogP contribution in [0.4, 0.5) is 23.2 Å². The molecule has 1 aromatic rings. The van der Waals surface area contributed by atoms with E-state index in [0.717, 1.165) is 18.2 Å². The Morgan fingerprint density at radius 2 is 1.94 bits per heavy atom. The molecule has 0 amide bonds. The van der Waals surface area contributed by atoms with Gasteiger partial charge in [-0.3, -0.25) is 4.39 Å². The van der Waals surface area contributed by atoms with Crippen LogP contribution >= 0.6 is 0 Å². The predicted octanol–water partition coefficient (Wildman–Crippen LogP) is 3.03. The lowest BCUT2D eigenvalue weighted by atomic mass is 10.2. The third-order valence-electron chi connectivity index (χ3n) is 1.87. The topological polar surface area (TPSA) is 35.2 Å². The first-order chi connectivity index (χ1) is 7.45. The van der Waals surface area contributed by atoms with E-state index < -0.39 is 18.4 Å². The van der Waals surface area contributed by atoms with Gasteiger partial charge >= 0.3 is 6.18 Å². The van der Waals surface area contributed by atoms with Crippen LogP contribution in [0.2, 0.25) is 0 Å². The molecule has 0 bridgehead atoms. The molecule has 2 nitrogen and oxygen atoms in total. The fourth-order valence-electron chi connectivity index (χ4n) is 1.09. The Hall–Kier alpha value is -1.46. The van der Waals surface area contributed by atoms with Crippen LogP contribution in [0.25, 0.3) is 0 Å². The maximum absolute atomic E-state index is 12.3. The predicted molar refractivity (Wildman–Crippen MR) is 51.9 cm³/mol. The third kappa shape index (κ3) is 3.29. The highest BCUT2D eigenvalue weighted by molar-refractivity contribution is 5.54. The van der Waals surface area contributed by atoms with Crippen LogP contribution in [0.1, 0.15) is 12.0 Å². The van der Waals surface area contributed by atoms with Gasteiger partial charge in [-0.25, -0.2) is 0 Å². The van der Waals surface area contributed by atoms with E-state index in [-0.39, 0.29) is 24.5 Å². The third-order valence-corrected chi connectivity index (χ3v) is 1.87. The van der Waals surface area contributed by atoms with Gasteiger partial charge in [-0.1, -0.05) is 0 Å². The zero-order chi connectivity index (χ0) is 12.2. The number of hydrogen-bond donors (Lipinski definition) is 1. The average molecular weight is 237 g/mol. The van der Waals surface area contributed by atoms with Crippen molar-refractivity contribution in [2.24, 2.45) is 0 Å². The monoisotopic (exact) mass is 237 g/mol. The Morgan fingerprint density at radius 3 is 2.44 bits per heavy atom. The standard InChI is InChI=1S/C10H11F4NO/c11-4-1-5-16-9-3-2-7(6-8(9)15)10(12,13)14/h2-3,6H,1,4-5,15H2. The Labute approximate surface area is 90.0 Å². The van der Waals surface area contributed by atoms with Crippen molar-refractivity contribution in [2.45, 2.75) is 12.6 Å². The van der Waals surface area contributed by atoms with Crippen molar-refractivity contribution in [1.82, 2.24) is 0 Å². The molecule has 0 aromatic heterocycles. The summed E-state index contributed by atoms with van der Waals surface area (Å²) in [6.45, 7) is -0.452. The number of anilines is 1. The molecule has 0 aliphatic heterocycles. The minimum atomic E-state index is -4.43. The zero-order valence-electron chi connectivity index (χ0n) is 8.35. The number of nitrogens with two attached hydrogens (primary N) is 1. The van der Waals surface area contributed by atoms with E-state index in [4.69, 9.17) is 10.5 Å². The Kier molecular flexibility index (Phi) is 3.98. The highest BCUT2D eigenvalue weighted by atomic mass is 19.4. The molecule has 16 heavy (non-hydrogen) atoms. The van der Waals surface area contributed by atoms with Gasteiger partial charge in [0.05, 0.1) is 24.5 Å². The average Bonchev–Trinajstić information content (AvgIpc) is 2.19. The first-order valence-electron chi connectivity index (χ1n) is 4.60. The van der Waals surface area contributed by atoms with Gasteiger partial charge in [-0.2, -0.15) is 13.2 Å². The molecular formula is C10H11F4NO. The highest BCUT2D eigenvalue weighted by Gasteiger charge is 2.30. The maximum atomic E-state index is 12.3. The molecule has 90 valence electrons. The number of rotatable bonds is 4. The van der Waals surface area contributed by atoms with E-state index in [9.17, 15) is 17.6 Å². The molecule has 2 N–H and O–H groups in total. The Balaban J connectivity index is 2.76. The van der Waals surface area contributed by atoms with Crippen molar-refractivity contribution in [1.29, 1.82) is 0 Å². The van der Waals surface area contributed by atoms with Crippen LogP contribution < -0.4 is 10.5 Å². The molecule has 0 heterocycles. The fourth-order valence-corrected chi connectivity index (χ4v) is 1.09. The summed E-state index contributed by atoms with van der Waals surface area (Å²) in [5, 5.41) is 0. The van der Waals surface area contributed by atoms with Crippen molar-refractivity contribution < 1.29 is 22.3 Å². The van der Waals surface area contributed by atoms with Crippen molar-refractivity contribution in [3.8, 4) is 5.75 Å². The second-order valence-corrected chi connectivity index (χ2v) is 3.14. The van der Waals surface area contributed by atoms with E-state index in [1.165, 1.54) is 0 Å². The van der Waals surface area contributed by atoms with Gasteiger partial charge in [-0.05, 0) is 18.2 Å². The lowest BCUT2D eigenvalue weighted by molar-refractivity contribution is -0.137. The van der Waals surface area contributed by atoms with Gasteiger partial charge in [0.2, 0.25) is 0 Å². The van der Waals surface area contributed by atoms with E-state index in [2.05, 4.69) is 0 Å². The number of hydrogen-bond acceptors (Lipinski definition) is 2. The van der Waals surface area contributed by atoms with Crippen molar-refractivity contribution >= 4 is 5.69 Å². The zero-order valence-corrected chi connectivity index (χ0v) is 8.35. The second kappa shape index (κ2) is 5.05. The summed E-state index contributed by atoms with van der Waals surface area (Å²) < 4.78 is 53.5. The first-order valence-corrected chi connectivity index (χ1v) is 4.60. The molecule has 0 spiro atoms. The molecule has 0 radical (unpaired) electrons. The SMILES string of the molecule is Nc1cc(C(F)(F)F)ccc1OCCCF. The quantitative estimate of drug-likeness (QED) is 0.496. The molecular weight excluding hydrogens is 226 g/mol. The molecule has 0 saturated carbocycles. The lowest BCUT2D eigenvalue weighted by Gasteiger charge is -2.11. The Morgan fingerprint density at radius 1 is 1.25 bits per heavy atom. The van der Waals surface area contributed by atoms with Crippen molar-refractivity contribution in [2.75, 3.05) is 19.0 Å². The summed E-state index contributed by atoms with van der Waals surface area (Å²) in [4.78, 5) is 0.